The molecule has 1 atom stereocenters. The van der Waals surface area contributed by atoms with Gasteiger partial charge in [-0.1, -0.05) is 18.2 Å². The lowest BCUT2D eigenvalue weighted by Gasteiger charge is -2.37. The maximum absolute atomic E-state index is 12.4. The highest BCUT2D eigenvalue weighted by molar-refractivity contribution is 5.84. The molecule has 1 unspecified atom stereocenters. The molecule has 0 saturated carbocycles. The topological polar surface area (TPSA) is 76.6 Å². The summed E-state index contributed by atoms with van der Waals surface area (Å²) in [5.41, 5.74) is 2.19. The molecule has 0 spiro atoms. The van der Waals surface area contributed by atoms with E-state index in [4.69, 9.17) is 0 Å². The molecule has 0 aliphatic carbocycles. The third-order valence-corrected chi connectivity index (χ3v) is 4.57. The van der Waals surface area contributed by atoms with Gasteiger partial charge in [-0.2, -0.15) is 0 Å². The zero-order valence-corrected chi connectivity index (χ0v) is 13.2. The number of rotatable bonds is 4. The third-order valence-electron chi connectivity index (χ3n) is 4.57. The van der Waals surface area contributed by atoms with Gasteiger partial charge in [0.15, 0.2) is 0 Å². The number of carboxylic acids is 1. The highest BCUT2D eigenvalue weighted by atomic mass is 16.4. The van der Waals surface area contributed by atoms with Crippen molar-refractivity contribution in [2.75, 3.05) is 26.7 Å². The summed E-state index contributed by atoms with van der Waals surface area (Å²) in [5.74, 6) is -0.851. The van der Waals surface area contributed by atoms with Crippen LogP contribution in [0.1, 0.15) is 12.0 Å². The number of carboxylic acid groups (broad SMARTS) is 1. The van der Waals surface area contributed by atoms with Crippen LogP contribution in [0.2, 0.25) is 0 Å². The number of aromatic amines is 1. The van der Waals surface area contributed by atoms with Crippen LogP contribution in [0.15, 0.2) is 30.5 Å². The minimum absolute atomic E-state index is 0.0228. The molecule has 3 rings (SSSR count). The van der Waals surface area contributed by atoms with E-state index >= 15 is 0 Å². The SMILES string of the molecule is CN1CCN(C(=O)CCc2c[nH]c3ccccc23)CC1C(=O)O. The van der Waals surface area contributed by atoms with Gasteiger partial charge in [0.05, 0.1) is 0 Å². The average molecular weight is 315 g/mol. The van der Waals surface area contributed by atoms with E-state index in [1.54, 1.807) is 16.8 Å². The molecule has 1 aromatic heterocycles. The first-order valence-corrected chi connectivity index (χ1v) is 7.82. The van der Waals surface area contributed by atoms with Gasteiger partial charge in [-0.15, -0.1) is 0 Å². The summed E-state index contributed by atoms with van der Waals surface area (Å²) in [5, 5.41) is 10.4. The lowest BCUT2D eigenvalue weighted by molar-refractivity contribution is -0.147. The zero-order chi connectivity index (χ0) is 16.4. The van der Waals surface area contributed by atoms with Crippen molar-refractivity contribution in [3.05, 3.63) is 36.0 Å². The molecule has 2 heterocycles. The van der Waals surface area contributed by atoms with Gasteiger partial charge in [-0.05, 0) is 25.1 Å². The molecular weight excluding hydrogens is 294 g/mol. The normalized spacial score (nSPS) is 19.2. The van der Waals surface area contributed by atoms with E-state index in [1.165, 1.54) is 0 Å². The Bertz CT molecular complexity index is 725. The highest BCUT2D eigenvalue weighted by Gasteiger charge is 2.31. The largest absolute Gasteiger partial charge is 0.480 e. The maximum Gasteiger partial charge on any atom is 0.322 e. The summed E-state index contributed by atoms with van der Waals surface area (Å²) in [6, 6.07) is 7.41. The number of nitrogens with zero attached hydrogens (tertiary/aromatic N) is 2. The maximum atomic E-state index is 12.4. The van der Waals surface area contributed by atoms with Gasteiger partial charge in [0.1, 0.15) is 6.04 Å². The summed E-state index contributed by atoms with van der Waals surface area (Å²) >= 11 is 0. The standard InChI is InChI=1S/C17H21N3O3/c1-19-8-9-20(11-15(19)17(22)23)16(21)7-6-12-10-18-14-5-3-2-4-13(12)14/h2-5,10,15,18H,6-9,11H2,1H3,(H,22,23). The molecular formula is C17H21N3O3. The number of nitrogens with one attached hydrogen (secondary N) is 1. The summed E-state index contributed by atoms with van der Waals surface area (Å²) in [6.45, 7) is 1.45. The Hall–Kier alpha value is -2.34. The first kappa shape index (κ1) is 15.6. The van der Waals surface area contributed by atoms with Crippen LogP contribution in [0, 0.1) is 0 Å². The molecule has 1 aliphatic heterocycles. The number of fused-ring (bicyclic) bond motifs is 1. The lowest BCUT2D eigenvalue weighted by atomic mass is 10.1. The molecule has 1 fully saturated rings. The number of hydrogen-bond acceptors (Lipinski definition) is 3. The fourth-order valence-corrected chi connectivity index (χ4v) is 3.11. The van der Waals surface area contributed by atoms with E-state index < -0.39 is 12.0 Å². The van der Waals surface area contributed by atoms with Crippen molar-refractivity contribution in [3.8, 4) is 0 Å². The third kappa shape index (κ3) is 3.22. The number of amides is 1. The van der Waals surface area contributed by atoms with Crippen molar-refractivity contribution >= 4 is 22.8 Å². The molecule has 1 amide bonds. The number of H-pyrrole nitrogens is 1. The van der Waals surface area contributed by atoms with E-state index in [1.807, 2.05) is 30.5 Å². The molecule has 6 heteroatoms. The number of para-hydroxylation sites is 1. The number of likely N-dealkylation sites (N-methyl/N-ethyl adjacent to an activating group) is 1. The van der Waals surface area contributed by atoms with E-state index in [0.29, 0.717) is 25.9 Å². The van der Waals surface area contributed by atoms with Crippen LogP contribution >= 0.6 is 0 Å². The zero-order valence-electron chi connectivity index (χ0n) is 13.2. The van der Waals surface area contributed by atoms with Crippen LogP contribution < -0.4 is 0 Å². The van der Waals surface area contributed by atoms with Gasteiger partial charge in [0.25, 0.3) is 0 Å². The van der Waals surface area contributed by atoms with Crippen molar-refractivity contribution in [1.82, 2.24) is 14.8 Å². The fraction of sp³-hybridized carbons (Fsp3) is 0.412. The van der Waals surface area contributed by atoms with Gasteiger partial charge in [-0.25, -0.2) is 0 Å². The van der Waals surface area contributed by atoms with Crippen molar-refractivity contribution < 1.29 is 14.7 Å². The molecule has 23 heavy (non-hydrogen) atoms. The lowest BCUT2D eigenvalue weighted by Crippen LogP contribution is -2.56. The van der Waals surface area contributed by atoms with Crippen LogP contribution in [0.25, 0.3) is 10.9 Å². The molecule has 2 N–H and O–H groups in total. The number of aromatic nitrogens is 1. The summed E-state index contributed by atoms with van der Waals surface area (Å²) < 4.78 is 0. The van der Waals surface area contributed by atoms with Gasteiger partial charge >= 0.3 is 5.97 Å². The number of aliphatic carboxylic acids is 1. The first-order valence-electron chi connectivity index (χ1n) is 7.82. The minimum Gasteiger partial charge on any atom is -0.480 e. The average Bonchev–Trinajstić information content (AvgIpc) is 2.96. The molecule has 6 nitrogen and oxygen atoms in total. The Morgan fingerprint density at radius 1 is 1.30 bits per heavy atom. The Labute approximate surface area is 134 Å². The second-order valence-corrected chi connectivity index (χ2v) is 6.03. The summed E-state index contributed by atoms with van der Waals surface area (Å²) in [7, 11) is 1.78. The molecule has 122 valence electrons. The predicted octanol–water partition coefficient (Wildman–Crippen LogP) is 1.33. The van der Waals surface area contributed by atoms with Crippen LogP contribution in [0.3, 0.4) is 0 Å². The van der Waals surface area contributed by atoms with Crippen molar-refractivity contribution in [2.45, 2.75) is 18.9 Å². The second kappa shape index (κ2) is 6.42. The quantitative estimate of drug-likeness (QED) is 0.892. The van der Waals surface area contributed by atoms with Crippen molar-refractivity contribution in [2.24, 2.45) is 0 Å². The van der Waals surface area contributed by atoms with Gasteiger partial charge in [0, 0.05) is 43.2 Å². The Morgan fingerprint density at radius 2 is 2.09 bits per heavy atom. The van der Waals surface area contributed by atoms with Crippen LogP contribution in [-0.2, 0) is 16.0 Å². The van der Waals surface area contributed by atoms with E-state index in [9.17, 15) is 14.7 Å². The predicted molar refractivity (Wildman–Crippen MR) is 87.3 cm³/mol. The molecule has 1 aromatic carbocycles. The number of piperazine rings is 1. The summed E-state index contributed by atoms with van der Waals surface area (Å²) in [4.78, 5) is 30.3. The van der Waals surface area contributed by atoms with Crippen molar-refractivity contribution in [1.29, 1.82) is 0 Å². The minimum atomic E-state index is -0.873. The number of carbonyl (C=O) groups excluding carboxylic acids is 1. The number of carbonyl (C=O) groups is 2. The number of aryl methyl sites for hydroxylation is 1. The van der Waals surface area contributed by atoms with E-state index in [2.05, 4.69) is 4.98 Å². The van der Waals surface area contributed by atoms with E-state index in [0.717, 1.165) is 16.5 Å². The smallest absolute Gasteiger partial charge is 0.322 e. The molecule has 1 saturated heterocycles. The van der Waals surface area contributed by atoms with E-state index in [-0.39, 0.29) is 12.5 Å². The molecule has 1 aliphatic rings. The van der Waals surface area contributed by atoms with Gasteiger partial charge in [0.2, 0.25) is 5.91 Å². The van der Waals surface area contributed by atoms with Crippen LogP contribution in [0.4, 0.5) is 0 Å². The van der Waals surface area contributed by atoms with Crippen molar-refractivity contribution in [3.63, 3.8) is 0 Å². The van der Waals surface area contributed by atoms with Crippen LogP contribution in [-0.4, -0.2) is 64.5 Å². The first-order chi connectivity index (χ1) is 11.1. The van der Waals surface area contributed by atoms with Crippen LogP contribution in [0.5, 0.6) is 0 Å². The monoisotopic (exact) mass is 315 g/mol. The summed E-state index contributed by atoms with van der Waals surface area (Å²) in [6.07, 6.45) is 3.01. The molecule has 0 radical (unpaired) electrons. The Balaban J connectivity index is 1.62. The second-order valence-electron chi connectivity index (χ2n) is 6.03. The number of hydrogen-bond donors (Lipinski definition) is 2. The molecule has 2 aromatic rings. The Kier molecular flexibility index (Phi) is 4.34. The van der Waals surface area contributed by atoms with Gasteiger partial charge < -0.3 is 15.0 Å². The Morgan fingerprint density at radius 3 is 2.87 bits per heavy atom. The number of benzene rings is 1. The molecule has 0 bridgehead atoms. The fourth-order valence-electron chi connectivity index (χ4n) is 3.11. The highest BCUT2D eigenvalue weighted by Crippen LogP contribution is 2.19. The van der Waals surface area contributed by atoms with Gasteiger partial charge in [-0.3, -0.25) is 14.5 Å².